The second-order valence-electron chi connectivity index (χ2n) is 4.27. The molecule has 0 spiro atoms. The Balaban J connectivity index is 2.78. The summed E-state index contributed by atoms with van der Waals surface area (Å²) in [5, 5.41) is 8.83. The molecule has 2 heteroatoms. The summed E-state index contributed by atoms with van der Waals surface area (Å²) in [5.41, 5.74) is 1.43. The zero-order chi connectivity index (χ0) is 12.7. The molecule has 0 amide bonds. The molecule has 1 atom stereocenters. The molecule has 0 aromatic heterocycles. The summed E-state index contributed by atoms with van der Waals surface area (Å²) in [6.45, 7) is 3.93. The lowest BCUT2D eigenvalue weighted by Gasteiger charge is -2.01. The fourth-order valence-corrected chi connectivity index (χ4v) is 1.44. The Morgan fingerprint density at radius 1 is 1.41 bits per heavy atom. The average molecular weight is 234 g/mol. The first kappa shape index (κ1) is 13.7. The molecule has 0 aliphatic heterocycles. The highest BCUT2D eigenvalue weighted by Gasteiger charge is 2.01. The second kappa shape index (κ2) is 7.09. The zero-order valence-electron chi connectivity index (χ0n) is 10.5. The van der Waals surface area contributed by atoms with Crippen molar-refractivity contribution in [2.75, 3.05) is 6.61 Å². The second-order valence-corrected chi connectivity index (χ2v) is 4.27. The predicted octanol–water partition coefficient (Wildman–Crippen LogP) is 3.15. The molecule has 1 N–H and O–H groups in total. The number of aryl methyl sites for hydroxylation is 1. The molecule has 0 aliphatic rings. The van der Waals surface area contributed by atoms with Crippen molar-refractivity contribution in [1.82, 2.24) is 0 Å². The molecule has 0 radical (unpaired) electrons. The zero-order valence-corrected chi connectivity index (χ0v) is 10.5. The minimum absolute atomic E-state index is 0.00318. The van der Waals surface area contributed by atoms with Crippen LogP contribution in [0.25, 0.3) is 0 Å². The maximum Gasteiger partial charge on any atom is 0.139 e. The van der Waals surface area contributed by atoms with Gasteiger partial charge in [0, 0.05) is 5.92 Å². The van der Waals surface area contributed by atoms with Crippen molar-refractivity contribution in [3.05, 3.63) is 35.1 Å². The Hall–Kier alpha value is -1.33. The molecule has 1 nitrogen and oxygen atoms in total. The molecular weight excluding hydrogens is 215 g/mol. The standard InChI is InChI=1S/C15H19FO/c1-3-4-5-13-7-9-14(15(16)10-13)8-6-12(2)11-17/h7,9-10,12,17H,3-5,11H2,1-2H3. The van der Waals surface area contributed by atoms with Gasteiger partial charge in [-0.25, -0.2) is 4.39 Å². The van der Waals surface area contributed by atoms with Crippen LogP contribution >= 0.6 is 0 Å². The summed E-state index contributed by atoms with van der Waals surface area (Å²) in [6, 6.07) is 5.20. The molecule has 0 aliphatic carbocycles. The summed E-state index contributed by atoms with van der Waals surface area (Å²) >= 11 is 0. The van der Waals surface area contributed by atoms with Crippen LogP contribution in [-0.2, 0) is 6.42 Å². The first-order valence-corrected chi connectivity index (χ1v) is 6.08. The van der Waals surface area contributed by atoms with E-state index in [1.165, 1.54) is 0 Å². The van der Waals surface area contributed by atoms with E-state index in [1.807, 2.05) is 6.07 Å². The van der Waals surface area contributed by atoms with Crippen molar-refractivity contribution < 1.29 is 9.50 Å². The van der Waals surface area contributed by atoms with Crippen molar-refractivity contribution >= 4 is 0 Å². The van der Waals surface area contributed by atoms with Crippen molar-refractivity contribution in [2.24, 2.45) is 5.92 Å². The van der Waals surface area contributed by atoms with Gasteiger partial charge in [-0.05, 0) is 37.5 Å². The Morgan fingerprint density at radius 2 is 2.18 bits per heavy atom. The van der Waals surface area contributed by atoms with Crippen LogP contribution in [0.1, 0.15) is 37.8 Å². The van der Waals surface area contributed by atoms with E-state index in [-0.39, 0.29) is 18.3 Å². The van der Waals surface area contributed by atoms with E-state index >= 15 is 0 Å². The fraction of sp³-hybridized carbons (Fsp3) is 0.467. The minimum atomic E-state index is -0.267. The Morgan fingerprint density at radius 3 is 2.76 bits per heavy atom. The molecule has 1 aromatic rings. The van der Waals surface area contributed by atoms with Gasteiger partial charge in [-0.1, -0.05) is 31.3 Å². The van der Waals surface area contributed by atoms with Gasteiger partial charge in [0.2, 0.25) is 0 Å². The van der Waals surface area contributed by atoms with E-state index in [0.717, 1.165) is 24.8 Å². The molecule has 0 bridgehead atoms. The van der Waals surface area contributed by atoms with Crippen LogP contribution < -0.4 is 0 Å². The first-order valence-electron chi connectivity index (χ1n) is 6.08. The largest absolute Gasteiger partial charge is 0.395 e. The maximum atomic E-state index is 13.7. The summed E-state index contributed by atoms with van der Waals surface area (Å²) in [4.78, 5) is 0. The molecule has 0 heterocycles. The maximum absolute atomic E-state index is 13.7. The van der Waals surface area contributed by atoms with Gasteiger partial charge >= 0.3 is 0 Å². The van der Waals surface area contributed by atoms with Crippen LogP contribution in [0.2, 0.25) is 0 Å². The van der Waals surface area contributed by atoms with Gasteiger partial charge in [-0.3, -0.25) is 0 Å². The van der Waals surface area contributed by atoms with Gasteiger partial charge in [-0.2, -0.15) is 0 Å². The summed E-state index contributed by atoms with van der Waals surface area (Å²) in [7, 11) is 0. The Bertz CT molecular complexity index is 415. The Labute approximate surface area is 103 Å². The van der Waals surface area contributed by atoms with Crippen LogP contribution in [0.3, 0.4) is 0 Å². The number of aliphatic hydroxyl groups is 1. The van der Waals surface area contributed by atoms with E-state index in [1.54, 1.807) is 19.1 Å². The number of hydrogen-bond acceptors (Lipinski definition) is 1. The molecule has 0 saturated heterocycles. The van der Waals surface area contributed by atoms with Gasteiger partial charge in [-0.15, -0.1) is 0 Å². The van der Waals surface area contributed by atoms with E-state index in [9.17, 15) is 4.39 Å². The smallest absolute Gasteiger partial charge is 0.139 e. The molecular formula is C15H19FO. The summed E-state index contributed by atoms with van der Waals surface area (Å²) in [6.07, 6.45) is 3.09. The lowest BCUT2D eigenvalue weighted by Crippen LogP contribution is -1.96. The van der Waals surface area contributed by atoms with E-state index in [2.05, 4.69) is 18.8 Å². The van der Waals surface area contributed by atoms with Crippen molar-refractivity contribution in [1.29, 1.82) is 0 Å². The van der Waals surface area contributed by atoms with Crippen molar-refractivity contribution in [3.63, 3.8) is 0 Å². The van der Waals surface area contributed by atoms with Gasteiger partial charge < -0.3 is 5.11 Å². The molecule has 17 heavy (non-hydrogen) atoms. The highest BCUT2D eigenvalue weighted by Crippen LogP contribution is 2.12. The van der Waals surface area contributed by atoms with E-state index < -0.39 is 0 Å². The van der Waals surface area contributed by atoms with Gasteiger partial charge in [0.15, 0.2) is 0 Å². The highest BCUT2D eigenvalue weighted by molar-refractivity contribution is 5.38. The lowest BCUT2D eigenvalue weighted by atomic mass is 10.1. The van der Waals surface area contributed by atoms with Crippen LogP contribution in [0.15, 0.2) is 18.2 Å². The lowest BCUT2D eigenvalue weighted by molar-refractivity contribution is 0.266. The van der Waals surface area contributed by atoms with Crippen LogP contribution in [0, 0.1) is 23.6 Å². The monoisotopic (exact) mass is 234 g/mol. The predicted molar refractivity (Wildman–Crippen MR) is 68.1 cm³/mol. The van der Waals surface area contributed by atoms with Crippen LogP contribution in [0.5, 0.6) is 0 Å². The molecule has 1 rings (SSSR count). The summed E-state index contributed by atoms with van der Waals surface area (Å²) < 4.78 is 13.7. The molecule has 1 aromatic carbocycles. The van der Waals surface area contributed by atoms with Crippen LogP contribution in [0.4, 0.5) is 4.39 Å². The number of hydrogen-bond donors (Lipinski definition) is 1. The highest BCUT2D eigenvalue weighted by atomic mass is 19.1. The van der Waals surface area contributed by atoms with Crippen LogP contribution in [-0.4, -0.2) is 11.7 Å². The normalized spacial score (nSPS) is 11.8. The molecule has 0 saturated carbocycles. The van der Waals surface area contributed by atoms with Crippen molar-refractivity contribution in [2.45, 2.75) is 33.1 Å². The summed E-state index contributed by atoms with van der Waals surface area (Å²) in [5.74, 6) is 5.19. The number of benzene rings is 1. The van der Waals surface area contributed by atoms with Gasteiger partial charge in [0.1, 0.15) is 5.82 Å². The quantitative estimate of drug-likeness (QED) is 0.793. The third-order valence-electron chi connectivity index (χ3n) is 2.58. The number of rotatable bonds is 4. The third kappa shape index (κ3) is 4.58. The fourth-order valence-electron chi connectivity index (χ4n) is 1.44. The number of aliphatic hydroxyl groups excluding tert-OH is 1. The first-order chi connectivity index (χ1) is 8.17. The molecule has 92 valence electrons. The topological polar surface area (TPSA) is 20.2 Å². The Kier molecular flexibility index (Phi) is 5.72. The number of halogens is 1. The third-order valence-corrected chi connectivity index (χ3v) is 2.58. The SMILES string of the molecule is CCCCc1ccc(C#CC(C)CO)c(F)c1. The average Bonchev–Trinajstić information content (AvgIpc) is 2.34. The number of unbranched alkanes of at least 4 members (excludes halogenated alkanes) is 1. The van der Waals surface area contributed by atoms with E-state index in [4.69, 9.17) is 5.11 Å². The van der Waals surface area contributed by atoms with E-state index in [0.29, 0.717) is 5.56 Å². The van der Waals surface area contributed by atoms with Gasteiger partial charge in [0.25, 0.3) is 0 Å². The molecule has 1 unspecified atom stereocenters. The molecule has 0 fully saturated rings. The van der Waals surface area contributed by atoms with Crippen molar-refractivity contribution in [3.8, 4) is 11.8 Å². The van der Waals surface area contributed by atoms with Gasteiger partial charge in [0.05, 0.1) is 12.2 Å². The minimum Gasteiger partial charge on any atom is -0.395 e.